The van der Waals surface area contributed by atoms with Crippen molar-refractivity contribution >= 4 is 9.05 Å². The van der Waals surface area contributed by atoms with Gasteiger partial charge in [-0.25, -0.2) is 0 Å². The SMILES string of the molecule is C=CCCO[Si](OCc1ccccc1)(OCc1ccccc1)OCc1ccccc1. The van der Waals surface area contributed by atoms with Crippen molar-refractivity contribution in [2.45, 2.75) is 26.2 Å². The lowest BCUT2D eigenvalue weighted by Crippen LogP contribution is -2.49. The Bertz CT molecular complexity index is 750. The van der Waals surface area contributed by atoms with Crippen molar-refractivity contribution in [2.75, 3.05) is 6.61 Å². The summed E-state index contributed by atoms with van der Waals surface area (Å²) in [7, 11) is -3.43. The summed E-state index contributed by atoms with van der Waals surface area (Å²) in [4.78, 5) is 0. The van der Waals surface area contributed by atoms with E-state index in [0.717, 1.165) is 16.7 Å². The molecule has 5 heteroatoms. The second-order valence-corrected chi connectivity index (χ2v) is 8.90. The zero-order valence-corrected chi connectivity index (χ0v) is 18.1. The first kappa shape index (κ1) is 22.1. The van der Waals surface area contributed by atoms with Gasteiger partial charge in [-0.05, 0) is 23.1 Å². The third kappa shape index (κ3) is 7.37. The van der Waals surface area contributed by atoms with Crippen molar-refractivity contribution < 1.29 is 17.7 Å². The molecule has 3 aromatic carbocycles. The zero-order chi connectivity index (χ0) is 20.9. The van der Waals surface area contributed by atoms with Gasteiger partial charge in [-0.2, -0.15) is 0 Å². The Kier molecular flexibility index (Phi) is 9.02. The minimum absolute atomic E-state index is 0.352. The van der Waals surface area contributed by atoms with Gasteiger partial charge >= 0.3 is 9.05 Å². The molecule has 0 amide bonds. The average Bonchev–Trinajstić information content (AvgIpc) is 2.82. The van der Waals surface area contributed by atoms with E-state index in [0.29, 0.717) is 32.8 Å². The fourth-order valence-electron chi connectivity index (χ4n) is 2.76. The van der Waals surface area contributed by atoms with Gasteiger partial charge in [0.15, 0.2) is 0 Å². The summed E-state index contributed by atoms with van der Waals surface area (Å²) in [6, 6.07) is 29.9. The van der Waals surface area contributed by atoms with E-state index in [9.17, 15) is 0 Å². The highest BCUT2D eigenvalue weighted by molar-refractivity contribution is 6.53. The fraction of sp³-hybridized carbons (Fsp3) is 0.200. The smallest absolute Gasteiger partial charge is 0.351 e. The van der Waals surface area contributed by atoms with Gasteiger partial charge in [-0.15, -0.1) is 6.58 Å². The van der Waals surface area contributed by atoms with Crippen LogP contribution in [0.5, 0.6) is 0 Å². The molecule has 0 saturated heterocycles. The van der Waals surface area contributed by atoms with Crippen molar-refractivity contribution in [3.63, 3.8) is 0 Å². The molecule has 30 heavy (non-hydrogen) atoms. The van der Waals surface area contributed by atoms with Crippen LogP contribution >= 0.6 is 0 Å². The van der Waals surface area contributed by atoms with Crippen LogP contribution in [0.4, 0.5) is 0 Å². The largest absolute Gasteiger partial charge is 0.680 e. The Morgan fingerprint density at radius 2 is 0.933 bits per heavy atom. The highest BCUT2D eigenvalue weighted by Gasteiger charge is 2.46. The summed E-state index contributed by atoms with van der Waals surface area (Å²) in [5.74, 6) is 0. The summed E-state index contributed by atoms with van der Waals surface area (Å²) in [5, 5.41) is 0. The zero-order valence-electron chi connectivity index (χ0n) is 17.1. The Morgan fingerprint density at radius 1 is 0.567 bits per heavy atom. The maximum Gasteiger partial charge on any atom is 0.680 e. The Hall–Kier alpha value is -2.54. The van der Waals surface area contributed by atoms with Crippen LogP contribution in [0.3, 0.4) is 0 Å². The first-order valence-electron chi connectivity index (χ1n) is 10.1. The van der Waals surface area contributed by atoms with E-state index in [1.807, 2.05) is 97.1 Å². The van der Waals surface area contributed by atoms with E-state index in [2.05, 4.69) is 6.58 Å². The minimum atomic E-state index is -3.43. The average molecular weight is 421 g/mol. The van der Waals surface area contributed by atoms with Crippen molar-refractivity contribution in [2.24, 2.45) is 0 Å². The normalized spacial score (nSPS) is 11.3. The van der Waals surface area contributed by atoms with Crippen LogP contribution in [-0.2, 0) is 37.5 Å². The number of hydrogen-bond acceptors (Lipinski definition) is 4. The van der Waals surface area contributed by atoms with Crippen LogP contribution in [-0.4, -0.2) is 15.7 Å². The van der Waals surface area contributed by atoms with Crippen LogP contribution in [0.25, 0.3) is 0 Å². The molecule has 0 radical (unpaired) electrons. The summed E-state index contributed by atoms with van der Waals surface area (Å²) >= 11 is 0. The van der Waals surface area contributed by atoms with Crippen molar-refractivity contribution in [1.29, 1.82) is 0 Å². The summed E-state index contributed by atoms with van der Waals surface area (Å²) in [6.07, 6.45) is 2.50. The highest BCUT2D eigenvalue weighted by Crippen LogP contribution is 2.20. The van der Waals surface area contributed by atoms with Gasteiger partial charge in [0, 0.05) is 6.61 Å². The molecule has 4 nitrogen and oxygen atoms in total. The van der Waals surface area contributed by atoms with E-state index >= 15 is 0 Å². The van der Waals surface area contributed by atoms with Gasteiger partial charge in [-0.3, -0.25) is 0 Å². The molecule has 3 aromatic rings. The minimum Gasteiger partial charge on any atom is -0.351 e. The maximum absolute atomic E-state index is 6.24. The Labute approximate surface area is 180 Å². The summed E-state index contributed by atoms with van der Waals surface area (Å²) in [5.41, 5.74) is 3.11. The first-order valence-corrected chi connectivity index (χ1v) is 11.7. The lowest BCUT2D eigenvalue weighted by Gasteiger charge is -2.28. The second-order valence-electron chi connectivity index (χ2n) is 6.75. The third-order valence-corrected chi connectivity index (χ3v) is 6.43. The van der Waals surface area contributed by atoms with E-state index in [1.165, 1.54) is 0 Å². The maximum atomic E-state index is 6.24. The van der Waals surface area contributed by atoms with Gasteiger partial charge in [0.05, 0.1) is 19.8 Å². The molecule has 0 aliphatic carbocycles. The molecule has 156 valence electrons. The van der Waals surface area contributed by atoms with Crippen LogP contribution in [0.15, 0.2) is 104 Å². The van der Waals surface area contributed by atoms with Crippen LogP contribution in [0, 0.1) is 0 Å². The van der Waals surface area contributed by atoms with E-state index in [-0.39, 0.29) is 0 Å². The first-order chi connectivity index (χ1) is 14.8. The molecule has 0 N–H and O–H groups in total. The van der Waals surface area contributed by atoms with Gasteiger partial charge in [-0.1, -0.05) is 97.1 Å². The van der Waals surface area contributed by atoms with Crippen molar-refractivity contribution in [3.8, 4) is 0 Å². The number of hydrogen-bond donors (Lipinski definition) is 0. The summed E-state index contributed by atoms with van der Waals surface area (Å²) in [6.45, 7) is 5.25. The molecule has 0 heterocycles. The summed E-state index contributed by atoms with van der Waals surface area (Å²) < 4.78 is 24.9. The predicted octanol–water partition coefficient (Wildman–Crippen LogP) is 5.67. The molecule has 0 aliphatic heterocycles. The van der Waals surface area contributed by atoms with E-state index in [4.69, 9.17) is 17.7 Å². The molecule has 0 saturated carbocycles. The van der Waals surface area contributed by atoms with Crippen molar-refractivity contribution in [1.82, 2.24) is 0 Å². The quantitative estimate of drug-likeness (QED) is 0.203. The second kappa shape index (κ2) is 12.2. The monoisotopic (exact) mass is 420 g/mol. The number of benzene rings is 3. The molecule has 0 fully saturated rings. The lowest BCUT2D eigenvalue weighted by molar-refractivity contribution is -0.0472. The fourth-order valence-corrected chi connectivity index (χ4v) is 4.65. The Balaban J connectivity index is 1.76. The van der Waals surface area contributed by atoms with E-state index < -0.39 is 9.05 Å². The molecule has 0 bridgehead atoms. The van der Waals surface area contributed by atoms with Crippen molar-refractivity contribution in [3.05, 3.63) is 120 Å². The molecular formula is C25H28O4Si. The number of rotatable bonds is 13. The molecule has 0 atom stereocenters. The van der Waals surface area contributed by atoms with Crippen LogP contribution < -0.4 is 0 Å². The molecule has 0 spiro atoms. The molecule has 0 aromatic heterocycles. The Morgan fingerprint density at radius 3 is 1.27 bits per heavy atom. The molecule has 0 unspecified atom stereocenters. The van der Waals surface area contributed by atoms with Gasteiger partial charge < -0.3 is 17.7 Å². The van der Waals surface area contributed by atoms with Gasteiger partial charge in [0.1, 0.15) is 0 Å². The van der Waals surface area contributed by atoms with E-state index in [1.54, 1.807) is 0 Å². The molecule has 0 aliphatic rings. The molecule has 3 rings (SSSR count). The predicted molar refractivity (Wildman–Crippen MR) is 120 cm³/mol. The van der Waals surface area contributed by atoms with Gasteiger partial charge in [0.25, 0.3) is 0 Å². The lowest BCUT2D eigenvalue weighted by atomic mass is 10.2. The van der Waals surface area contributed by atoms with Gasteiger partial charge in [0.2, 0.25) is 0 Å². The van der Waals surface area contributed by atoms with Crippen LogP contribution in [0.1, 0.15) is 23.1 Å². The third-order valence-electron chi connectivity index (χ3n) is 4.38. The highest BCUT2D eigenvalue weighted by atomic mass is 28.4. The molecular weight excluding hydrogens is 392 g/mol. The topological polar surface area (TPSA) is 36.9 Å². The van der Waals surface area contributed by atoms with Crippen LogP contribution in [0.2, 0.25) is 0 Å². The standard InChI is InChI=1S/C25H28O4Si/c1-2-3-19-26-30(27-20-23-13-7-4-8-14-23,28-21-24-15-9-5-10-16-24)29-22-25-17-11-6-12-18-25/h2,4-18H,1,3,19-22H2.